The van der Waals surface area contributed by atoms with Gasteiger partial charge in [-0.25, -0.2) is 4.39 Å². The van der Waals surface area contributed by atoms with Crippen molar-refractivity contribution in [2.24, 2.45) is 0 Å². The van der Waals surface area contributed by atoms with Gasteiger partial charge in [0.15, 0.2) is 5.78 Å². The maximum atomic E-state index is 14.1. The van der Waals surface area contributed by atoms with Crippen molar-refractivity contribution in [3.63, 3.8) is 0 Å². The number of nitrogens with zero attached hydrogens (tertiary/aromatic N) is 2. The Morgan fingerprint density at radius 1 is 0.667 bits per heavy atom. The Hall–Kier alpha value is -4.62. The predicted molar refractivity (Wildman–Crippen MR) is 176 cm³/mol. The maximum absolute atomic E-state index is 14.1. The van der Waals surface area contributed by atoms with Crippen molar-refractivity contribution in [1.82, 2.24) is 9.80 Å². The summed E-state index contributed by atoms with van der Waals surface area (Å²) in [6.45, 7) is 5.74. The van der Waals surface area contributed by atoms with Gasteiger partial charge in [0.25, 0.3) is 0 Å². The second kappa shape index (κ2) is 14.4. The molecule has 0 aliphatic carbocycles. The fourth-order valence-electron chi connectivity index (χ4n) is 5.77. The molecule has 5 aromatic carbocycles. The van der Waals surface area contributed by atoms with E-state index >= 15 is 0 Å². The summed E-state index contributed by atoms with van der Waals surface area (Å²) >= 11 is 0. The molecule has 1 fully saturated rings. The van der Waals surface area contributed by atoms with Crippen LogP contribution in [-0.4, -0.2) is 46.9 Å². The van der Waals surface area contributed by atoms with E-state index < -0.39 is 6.10 Å². The number of Topliss-reactive ketones (excluding diaryl/α,β-unsaturated/α-hetero) is 1. The quantitative estimate of drug-likeness (QED) is 0.165. The van der Waals surface area contributed by atoms with Crippen molar-refractivity contribution < 1.29 is 19.0 Å². The molecular formula is C39H37FN2O3. The molecule has 1 atom stereocenters. The Bertz CT molecular complexity index is 1690. The van der Waals surface area contributed by atoms with Crippen LogP contribution in [0, 0.1) is 5.82 Å². The molecule has 1 N–H and O–H groups in total. The number of rotatable bonds is 10. The maximum Gasteiger partial charge on any atom is 0.195 e. The topological polar surface area (TPSA) is 53.0 Å². The molecule has 6 heteroatoms. The number of ether oxygens (including phenoxy) is 1. The predicted octanol–water partition coefficient (Wildman–Crippen LogP) is 7.91. The highest BCUT2D eigenvalue weighted by Crippen LogP contribution is 2.28. The lowest BCUT2D eigenvalue weighted by molar-refractivity contribution is 0.0747. The van der Waals surface area contributed by atoms with Crippen LogP contribution in [-0.2, 0) is 13.1 Å². The van der Waals surface area contributed by atoms with Gasteiger partial charge in [-0.1, -0.05) is 97.1 Å². The van der Waals surface area contributed by atoms with Gasteiger partial charge in [-0.05, 0) is 72.1 Å². The number of hydrogen-bond acceptors (Lipinski definition) is 5. The minimum atomic E-state index is -1.16. The number of aliphatic hydroxyl groups is 1. The average Bonchev–Trinajstić information content (AvgIpc) is 3.31. The van der Waals surface area contributed by atoms with E-state index in [9.17, 15) is 14.3 Å². The number of halogens is 1. The Labute approximate surface area is 264 Å². The van der Waals surface area contributed by atoms with Gasteiger partial charge in [0.05, 0.1) is 0 Å². The van der Waals surface area contributed by atoms with Crippen LogP contribution in [0.5, 0.6) is 11.5 Å². The molecule has 0 bridgehead atoms. The van der Waals surface area contributed by atoms with Crippen LogP contribution in [0.15, 0.2) is 127 Å². The summed E-state index contributed by atoms with van der Waals surface area (Å²) in [6.07, 6.45) is -0.0701. The first-order valence-electron chi connectivity index (χ1n) is 15.4. The molecule has 5 nitrogen and oxygen atoms in total. The van der Waals surface area contributed by atoms with E-state index in [0.29, 0.717) is 22.4 Å². The number of ketones is 1. The zero-order valence-corrected chi connectivity index (χ0v) is 25.2. The third kappa shape index (κ3) is 7.91. The molecular weight excluding hydrogens is 563 g/mol. The van der Waals surface area contributed by atoms with Crippen molar-refractivity contribution in [2.45, 2.75) is 25.6 Å². The normalized spacial score (nSPS) is 14.9. The van der Waals surface area contributed by atoms with Gasteiger partial charge in [0.1, 0.15) is 23.4 Å². The van der Waals surface area contributed by atoms with Crippen LogP contribution in [0.4, 0.5) is 4.39 Å². The lowest BCUT2D eigenvalue weighted by Gasteiger charge is -2.22. The highest BCUT2D eigenvalue weighted by Gasteiger charge is 2.20. The number of carbonyl (C=O) groups is 1. The molecule has 228 valence electrons. The smallest absolute Gasteiger partial charge is 0.195 e. The van der Waals surface area contributed by atoms with Crippen LogP contribution in [0.2, 0.25) is 0 Å². The van der Waals surface area contributed by atoms with Gasteiger partial charge in [0, 0.05) is 37.3 Å². The Kier molecular flexibility index (Phi) is 9.76. The lowest BCUT2D eigenvalue weighted by atomic mass is 9.99. The van der Waals surface area contributed by atoms with Crippen molar-refractivity contribution in [3.8, 4) is 22.6 Å². The summed E-state index contributed by atoms with van der Waals surface area (Å²) in [4.78, 5) is 17.6. The van der Waals surface area contributed by atoms with Crippen LogP contribution < -0.4 is 4.74 Å². The third-order valence-electron chi connectivity index (χ3n) is 8.29. The number of aliphatic hydroxyl groups excluding tert-OH is 1. The van der Waals surface area contributed by atoms with Crippen LogP contribution in [0.3, 0.4) is 0 Å². The molecule has 0 amide bonds. The molecule has 6 rings (SSSR count). The van der Waals surface area contributed by atoms with Gasteiger partial charge in [0.2, 0.25) is 0 Å². The average molecular weight is 601 g/mol. The summed E-state index contributed by atoms with van der Waals surface area (Å²) in [7, 11) is 0. The Morgan fingerprint density at radius 3 is 1.80 bits per heavy atom. The van der Waals surface area contributed by atoms with E-state index in [0.717, 1.165) is 57.0 Å². The van der Waals surface area contributed by atoms with Crippen molar-refractivity contribution in [1.29, 1.82) is 0 Å². The molecule has 0 radical (unpaired) electrons. The molecule has 1 aliphatic heterocycles. The Morgan fingerprint density at radius 2 is 1.20 bits per heavy atom. The van der Waals surface area contributed by atoms with Crippen LogP contribution in [0.25, 0.3) is 11.1 Å². The number of benzene rings is 5. The molecule has 5 aromatic rings. The second-order valence-electron chi connectivity index (χ2n) is 11.5. The fourth-order valence-corrected chi connectivity index (χ4v) is 5.77. The Balaban J connectivity index is 0.974. The standard InChI is InChI=1S/C39H37FN2O3/c40-37-10-5-4-9-36(37)31-17-21-35(22-18-31)45-34-19-13-30(14-20-34)28-42-24-6-23-41(25-26-42)27-29-11-15-33(16-12-29)39(44)38(43)32-7-2-1-3-8-32/h1-5,7-22,39,44H,6,23-28H2. The molecule has 0 saturated carbocycles. The van der Waals surface area contributed by atoms with Crippen LogP contribution >= 0.6 is 0 Å². The summed E-state index contributed by atoms with van der Waals surface area (Å²) in [5.74, 6) is 0.954. The zero-order chi connectivity index (χ0) is 31.0. The molecule has 45 heavy (non-hydrogen) atoms. The molecule has 1 aliphatic rings. The van der Waals surface area contributed by atoms with Gasteiger partial charge >= 0.3 is 0 Å². The first-order chi connectivity index (χ1) is 22.0. The highest BCUT2D eigenvalue weighted by molar-refractivity contribution is 5.99. The molecule has 1 unspecified atom stereocenters. The number of hydrogen-bond donors (Lipinski definition) is 1. The summed E-state index contributed by atoms with van der Waals surface area (Å²) in [5, 5.41) is 10.6. The van der Waals surface area contributed by atoms with Gasteiger partial charge in [-0.3, -0.25) is 14.6 Å². The highest BCUT2D eigenvalue weighted by atomic mass is 19.1. The fraction of sp³-hybridized carbons (Fsp3) is 0.205. The summed E-state index contributed by atoms with van der Waals surface area (Å²) < 4.78 is 20.1. The first kappa shape index (κ1) is 30.4. The zero-order valence-electron chi connectivity index (χ0n) is 25.2. The monoisotopic (exact) mass is 600 g/mol. The SMILES string of the molecule is O=C(c1ccccc1)C(O)c1ccc(CN2CCCN(Cc3ccc(Oc4ccc(-c5ccccc5F)cc4)cc3)CC2)cc1. The van der Waals surface area contributed by atoms with E-state index in [2.05, 4.69) is 21.9 Å². The van der Waals surface area contributed by atoms with Crippen molar-refractivity contribution >= 4 is 5.78 Å². The largest absolute Gasteiger partial charge is 0.457 e. The van der Waals surface area contributed by atoms with Crippen molar-refractivity contribution in [2.75, 3.05) is 26.2 Å². The summed E-state index contributed by atoms with van der Waals surface area (Å²) in [5.41, 5.74) is 4.93. The minimum Gasteiger partial charge on any atom is -0.457 e. The summed E-state index contributed by atoms with van der Waals surface area (Å²) in [6, 6.07) is 39.1. The molecule has 1 heterocycles. The third-order valence-corrected chi connectivity index (χ3v) is 8.29. The number of carbonyl (C=O) groups excluding carboxylic acids is 1. The van der Waals surface area contributed by atoms with E-state index in [4.69, 9.17) is 4.74 Å². The van der Waals surface area contributed by atoms with Gasteiger partial charge in [-0.15, -0.1) is 0 Å². The van der Waals surface area contributed by atoms with E-state index in [1.165, 1.54) is 17.2 Å². The van der Waals surface area contributed by atoms with E-state index in [-0.39, 0.29) is 11.6 Å². The molecule has 0 aromatic heterocycles. The lowest BCUT2D eigenvalue weighted by Crippen LogP contribution is -2.30. The first-order valence-corrected chi connectivity index (χ1v) is 15.4. The van der Waals surface area contributed by atoms with Crippen LogP contribution in [0.1, 0.15) is 39.6 Å². The second-order valence-corrected chi connectivity index (χ2v) is 11.5. The molecule has 1 saturated heterocycles. The van der Waals surface area contributed by atoms with E-state index in [1.54, 1.807) is 36.4 Å². The van der Waals surface area contributed by atoms with E-state index in [1.807, 2.05) is 72.8 Å². The molecule has 0 spiro atoms. The minimum absolute atomic E-state index is 0.236. The van der Waals surface area contributed by atoms with Gasteiger partial charge in [-0.2, -0.15) is 0 Å². The van der Waals surface area contributed by atoms with Crippen molar-refractivity contribution in [3.05, 3.63) is 155 Å². The van der Waals surface area contributed by atoms with Gasteiger partial charge < -0.3 is 9.84 Å².